The van der Waals surface area contributed by atoms with Crippen molar-refractivity contribution >= 4 is 17.7 Å². The first-order valence-electron chi connectivity index (χ1n) is 4.36. The van der Waals surface area contributed by atoms with Crippen LogP contribution in [0.5, 0.6) is 0 Å². The van der Waals surface area contributed by atoms with Gasteiger partial charge in [-0.25, -0.2) is 0 Å². The van der Waals surface area contributed by atoms with Gasteiger partial charge in [-0.2, -0.15) is 0 Å². The summed E-state index contributed by atoms with van der Waals surface area (Å²) in [6.45, 7) is 1.62. The first-order valence-corrected chi connectivity index (χ1v) is 5.35. The Balaban J connectivity index is 2.56. The van der Waals surface area contributed by atoms with E-state index in [2.05, 4.69) is 0 Å². The minimum absolute atomic E-state index is 0.528. The molecule has 1 fully saturated rings. The number of hydrogen-bond donors (Lipinski definition) is 2. The molecule has 1 saturated heterocycles. The molecular formula is C8H15NO3S. The van der Waals surface area contributed by atoms with Crippen LogP contribution >= 0.6 is 11.8 Å². The van der Waals surface area contributed by atoms with Crippen molar-refractivity contribution in [2.24, 2.45) is 5.73 Å². The van der Waals surface area contributed by atoms with Gasteiger partial charge in [0.1, 0.15) is 4.75 Å². The summed E-state index contributed by atoms with van der Waals surface area (Å²) in [6.07, 6.45) is 1.18. The van der Waals surface area contributed by atoms with E-state index in [9.17, 15) is 4.79 Å². The van der Waals surface area contributed by atoms with E-state index in [4.69, 9.17) is 15.6 Å². The van der Waals surface area contributed by atoms with Crippen molar-refractivity contribution in [2.45, 2.75) is 17.6 Å². The van der Waals surface area contributed by atoms with Crippen LogP contribution in [0.1, 0.15) is 12.8 Å². The number of hydrogen-bond acceptors (Lipinski definition) is 4. The van der Waals surface area contributed by atoms with Crippen molar-refractivity contribution in [1.82, 2.24) is 0 Å². The van der Waals surface area contributed by atoms with Gasteiger partial charge in [0.2, 0.25) is 0 Å². The molecule has 0 atom stereocenters. The maximum absolute atomic E-state index is 11.1. The van der Waals surface area contributed by atoms with Gasteiger partial charge in [0.25, 0.3) is 0 Å². The van der Waals surface area contributed by atoms with Crippen LogP contribution in [0.25, 0.3) is 0 Å². The summed E-state index contributed by atoms with van der Waals surface area (Å²) in [5.74, 6) is -0.0269. The number of carboxylic acid groups (broad SMARTS) is 1. The van der Waals surface area contributed by atoms with Gasteiger partial charge in [-0.05, 0) is 12.8 Å². The molecule has 0 radical (unpaired) electrons. The summed E-state index contributed by atoms with van der Waals surface area (Å²) >= 11 is 1.45. The van der Waals surface area contributed by atoms with E-state index in [0.717, 1.165) is 0 Å². The number of carboxylic acids is 1. The van der Waals surface area contributed by atoms with Gasteiger partial charge in [-0.3, -0.25) is 4.79 Å². The number of thioether (sulfide) groups is 1. The molecule has 4 nitrogen and oxygen atoms in total. The quantitative estimate of drug-likeness (QED) is 0.691. The van der Waals surface area contributed by atoms with Crippen LogP contribution in [0.2, 0.25) is 0 Å². The first kappa shape index (κ1) is 10.8. The second-order valence-corrected chi connectivity index (χ2v) is 4.53. The van der Waals surface area contributed by atoms with Crippen molar-refractivity contribution in [3.05, 3.63) is 0 Å². The Labute approximate surface area is 81.8 Å². The topological polar surface area (TPSA) is 72.6 Å². The SMILES string of the molecule is NCCSC1(C(=O)O)CCOCC1. The summed E-state index contributed by atoms with van der Waals surface area (Å²) < 4.78 is 4.51. The van der Waals surface area contributed by atoms with Crippen LogP contribution in [-0.2, 0) is 9.53 Å². The zero-order valence-electron chi connectivity index (χ0n) is 7.49. The van der Waals surface area contributed by atoms with Crippen molar-refractivity contribution in [3.63, 3.8) is 0 Å². The smallest absolute Gasteiger partial charge is 0.319 e. The van der Waals surface area contributed by atoms with Crippen molar-refractivity contribution in [1.29, 1.82) is 0 Å². The van der Waals surface area contributed by atoms with E-state index < -0.39 is 10.7 Å². The van der Waals surface area contributed by atoms with Crippen LogP contribution in [0, 0.1) is 0 Å². The van der Waals surface area contributed by atoms with Crippen LogP contribution in [0.3, 0.4) is 0 Å². The molecule has 0 aromatic rings. The third kappa shape index (κ3) is 2.59. The number of carbonyl (C=O) groups is 1. The molecule has 1 aliphatic rings. The molecule has 13 heavy (non-hydrogen) atoms. The summed E-state index contributed by atoms with van der Waals surface area (Å²) in [5.41, 5.74) is 5.36. The molecule has 0 spiro atoms. The fourth-order valence-electron chi connectivity index (χ4n) is 1.38. The molecule has 3 N–H and O–H groups in total. The average Bonchev–Trinajstić information content (AvgIpc) is 2.16. The predicted octanol–water partition coefficient (Wildman–Crippen LogP) is 0.312. The Morgan fingerprint density at radius 3 is 2.62 bits per heavy atom. The summed E-state index contributed by atoms with van der Waals surface area (Å²) in [7, 11) is 0. The first-order chi connectivity index (χ1) is 6.21. The lowest BCUT2D eigenvalue weighted by molar-refractivity contribution is -0.142. The van der Waals surface area contributed by atoms with Gasteiger partial charge in [-0.15, -0.1) is 11.8 Å². The van der Waals surface area contributed by atoms with Gasteiger partial charge in [0.05, 0.1) is 0 Å². The fourth-order valence-corrected chi connectivity index (χ4v) is 2.46. The molecule has 1 aliphatic heterocycles. The second-order valence-electron chi connectivity index (χ2n) is 3.05. The highest BCUT2D eigenvalue weighted by atomic mass is 32.2. The third-order valence-electron chi connectivity index (χ3n) is 2.19. The Bertz CT molecular complexity index is 180. The Kier molecular flexibility index (Phi) is 4.02. The number of nitrogens with two attached hydrogens (primary N) is 1. The van der Waals surface area contributed by atoms with Crippen LogP contribution in [-0.4, -0.2) is 41.3 Å². The molecule has 0 unspecified atom stereocenters. The standard InChI is InChI=1S/C8H15NO3S/c9-3-6-13-8(7(10)11)1-4-12-5-2-8/h1-6,9H2,(H,10,11). The maximum atomic E-state index is 11.1. The lowest BCUT2D eigenvalue weighted by atomic mass is 9.99. The van der Waals surface area contributed by atoms with Gasteiger partial charge in [0.15, 0.2) is 0 Å². The van der Waals surface area contributed by atoms with Gasteiger partial charge >= 0.3 is 5.97 Å². The highest BCUT2D eigenvalue weighted by Gasteiger charge is 2.40. The number of aliphatic carboxylic acids is 1. The zero-order chi connectivity index (χ0) is 9.73. The van der Waals surface area contributed by atoms with Gasteiger partial charge in [-0.1, -0.05) is 0 Å². The van der Waals surface area contributed by atoms with Crippen molar-refractivity contribution in [2.75, 3.05) is 25.5 Å². The Hall–Kier alpha value is -0.260. The molecule has 0 aromatic carbocycles. The average molecular weight is 205 g/mol. The number of ether oxygens (including phenoxy) is 1. The highest BCUT2D eigenvalue weighted by Crippen LogP contribution is 2.35. The van der Waals surface area contributed by atoms with E-state index in [1.165, 1.54) is 11.8 Å². The normalized spacial score (nSPS) is 21.3. The molecule has 0 bridgehead atoms. The van der Waals surface area contributed by atoms with Gasteiger partial charge < -0.3 is 15.6 Å². The predicted molar refractivity (Wildman–Crippen MR) is 51.9 cm³/mol. The molecule has 76 valence electrons. The maximum Gasteiger partial charge on any atom is 0.319 e. The molecule has 0 saturated carbocycles. The summed E-state index contributed by atoms with van der Waals surface area (Å²) in [6, 6.07) is 0. The van der Waals surface area contributed by atoms with E-state index in [0.29, 0.717) is 38.4 Å². The highest BCUT2D eigenvalue weighted by molar-refractivity contribution is 8.01. The van der Waals surface area contributed by atoms with Crippen molar-refractivity contribution in [3.8, 4) is 0 Å². The third-order valence-corrected chi connectivity index (χ3v) is 3.76. The van der Waals surface area contributed by atoms with Crippen LogP contribution in [0.4, 0.5) is 0 Å². The molecule has 0 aliphatic carbocycles. The monoisotopic (exact) mass is 205 g/mol. The molecule has 5 heteroatoms. The lowest BCUT2D eigenvalue weighted by Gasteiger charge is -2.32. The summed E-state index contributed by atoms with van der Waals surface area (Å²) in [5, 5.41) is 9.10. The minimum Gasteiger partial charge on any atom is -0.480 e. The molecule has 0 aromatic heterocycles. The minimum atomic E-state index is -0.728. The fraction of sp³-hybridized carbons (Fsp3) is 0.875. The van der Waals surface area contributed by atoms with Crippen LogP contribution in [0.15, 0.2) is 0 Å². The molecule has 1 heterocycles. The Morgan fingerprint density at radius 1 is 1.54 bits per heavy atom. The second kappa shape index (κ2) is 4.83. The van der Waals surface area contributed by atoms with Crippen molar-refractivity contribution < 1.29 is 14.6 Å². The largest absolute Gasteiger partial charge is 0.480 e. The zero-order valence-corrected chi connectivity index (χ0v) is 8.31. The molecule has 1 rings (SSSR count). The molecular weight excluding hydrogens is 190 g/mol. The number of rotatable bonds is 4. The van der Waals surface area contributed by atoms with E-state index >= 15 is 0 Å². The van der Waals surface area contributed by atoms with Gasteiger partial charge in [0, 0.05) is 25.5 Å². The Morgan fingerprint density at radius 2 is 2.15 bits per heavy atom. The van der Waals surface area contributed by atoms with Crippen LogP contribution < -0.4 is 5.73 Å². The summed E-state index contributed by atoms with van der Waals surface area (Å²) in [4.78, 5) is 11.1. The van der Waals surface area contributed by atoms with E-state index in [1.807, 2.05) is 0 Å². The van der Waals surface area contributed by atoms with E-state index in [-0.39, 0.29) is 0 Å². The lowest BCUT2D eigenvalue weighted by Crippen LogP contribution is -2.41. The van der Waals surface area contributed by atoms with E-state index in [1.54, 1.807) is 0 Å². The molecule has 0 amide bonds.